The third kappa shape index (κ3) is 13.5. The molecule has 0 fully saturated rings. The summed E-state index contributed by atoms with van der Waals surface area (Å²) in [7, 11) is 0. The van der Waals surface area contributed by atoms with Gasteiger partial charge in [0.25, 0.3) is 0 Å². The molecule has 0 N–H and O–H groups in total. The van der Waals surface area contributed by atoms with Crippen LogP contribution in [0, 0.1) is 7.53 Å². The van der Waals surface area contributed by atoms with Gasteiger partial charge in [0.15, 0.2) is 0 Å². The van der Waals surface area contributed by atoms with E-state index in [-0.39, 0.29) is 0 Å². The standard InChI is InChI=1S/C32H12BF24.C14H14IO2/c34-25(35,36)13-1-14(26(37,38)39)6-21(5-13)33(22-7-15(27(40,41)42)2-16(8-22)28(43,44)45,23-9-17(29(46,47)48)3-18(10-23)30(49,50)51)24-11-19(31(52,53)54)4-20(12-24)32(55,56)57;1-9(2)11-5-7-13(16-11)15-14-8-6-12(17-14)10(3)4/h1-12H;5-8H,1,3H2,2,4H3/q-1;+1. The van der Waals surface area contributed by atoms with Crippen molar-refractivity contribution in [2.45, 2.75) is 63.3 Å². The van der Waals surface area contributed by atoms with Gasteiger partial charge < -0.3 is 8.83 Å². The number of alkyl halides is 24. The van der Waals surface area contributed by atoms with E-state index in [2.05, 4.69) is 13.2 Å². The third-order valence-electron chi connectivity index (χ3n) is 10.6. The Morgan fingerprint density at radius 2 is 0.500 bits per heavy atom. The molecule has 28 heteroatoms. The second kappa shape index (κ2) is 20.0. The predicted octanol–water partition coefficient (Wildman–Crippen LogP) is 12.3. The molecule has 0 aliphatic heterocycles. The van der Waals surface area contributed by atoms with Crippen molar-refractivity contribution in [3.8, 4) is 0 Å². The highest BCUT2D eigenvalue weighted by molar-refractivity contribution is 7.20. The molecule has 0 atom stereocenters. The van der Waals surface area contributed by atoms with Gasteiger partial charge >= 0.3 is 78.1 Å². The van der Waals surface area contributed by atoms with Crippen LogP contribution in [0.1, 0.15) is 69.9 Å². The average Bonchev–Trinajstić information content (AvgIpc) is 3.92. The first-order valence-corrected chi connectivity index (χ1v) is 22.0. The van der Waals surface area contributed by atoms with E-state index in [0.29, 0.717) is 0 Å². The van der Waals surface area contributed by atoms with Crippen molar-refractivity contribution in [1.82, 2.24) is 0 Å². The maximum Gasteiger partial charge on any atom is 0.443 e. The van der Waals surface area contributed by atoms with Crippen LogP contribution in [0.5, 0.6) is 0 Å². The molecular weight excluding hydrogens is 1180 g/mol. The van der Waals surface area contributed by atoms with E-state index in [4.69, 9.17) is 8.83 Å². The summed E-state index contributed by atoms with van der Waals surface area (Å²) in [5.41, 5.74) is -28.3. The van der Waals surface area contributed by atoms with E-state index >= 15 is 0 Å². The Labute approximate surface area is 410 Å². The van der Waals surface area contributed by atoms with Crippen molar-refractivity contribution in [2.75, 3.05) is 0 Å². The van der Waals surface area contributed by atoms with Gasteiger partial charge in [-0.2, -0.15) is 127 Å². The first kappa shape index (κ1) is 58.9. The lowest BCUT2D eigenvalue weighted by molar-refractivity contribution is -0.636. The second-order valence-electron chi connectivity index (χ2n) is 16.1. The summed E-state index contributed by atoms with van der Waals surface area (Å²) < 4.78 is 354. The molecule has 6 rings (SSSR count). The lowest BCUT2D eigenvalue weighted by Gasteiger charge is -2.46. The fourth-order valence-electron chi connectivity index (χ4n) is 7.35. The van der Waals surface area contributed by atoms with Crippen LogP contribution in [0.15, 0.2) is 119 Å². The molecule has 0 saturated heterocycles. The summed E-state index contributed by atoms with van der Waals surface area (Å²) in [6, 6.07) is -0.893. The van der Waals surface area contributed by atoms with E-state index in [0.717, 1.165) is 30.2 Å². The Hall–Kier alpha value is -5.97. The molecule has 0 bridgehead atoms. The molecule has 0 aliphatic rings. The molecule has 0 amide bonds. The molecule has 2 aromatic heterocycles. The van der Waals surface area contributed by atoms with Crippen LogP contribution in [0.3, 0.4) is 0 Å². The SMILES string of the molecule is C=C(C)c1ccc([I+]c2ccc(C(=C)C)o2)o1.FC(F)(F)c1cc([B-](c2cc(C(F)(F)F)cc(C(F)(F)F)c2)(c2cc(C(F)(F)F)cc(C(F)(F)F)c2)c2cc(C(F)(F)F)cc(C(F)(F)F)c2)cc(C(F)(F)F)c1. The zero-order valence-electron chi connectivity index (χ0n) is 36.5. The molecule has 4 aromatic carbocycles. The van der Waals surface area contributed by atoms with Crippen LogP contribution in [-0.4, -0.2) is 6.15 Å². The number of allylic oxidation sites excluding steroid dienone is 2. The van der Waals surface area contributed by atoms with Gasteiger partial charge in [-0.25, -0.2) is 0 Å². The zero-order chi connectivity index (χ0) is 56.3. The van der Waals surface area contributed by atoms with E-state index in [1.54, 1.807) is 0 Å². The number of halogens is 25. The molecule has 0 radical (unpaired) electrons. The highest BCUT2D eigenvalue weighted by Gasteiger charge is 2.47. The monoisotopic (exact) mass is 1200 g/mol. The average molecular weight is 1200 g/mol. The van der Waals surface area contributed by atoms with E-state index in [1.165, 1.54) is 0 Å². The van der Waals surface area contributed by atoms with Crippen molar-refractivity contribution in [1.29, 1.82) is 0 Å². The molecule has 400 valence electrons. The minimum Gasteiger partial charge on any atom is -0.418 e. The summed E-state index contributed by atoms with van der Waals surface area (Å²) in [6.07, 6.45) is -54.8. The van der Waals surface area contributed by atoms with Crippen molar-refractivity contribution >= 4 is 39.1 Å². The van der Waals surface area contributed by atoms with Crippen LogP contribution in [-0.2, 0) is 49.4 Å². The summed E-state index contributed by atoms with van der Waals surface area (Å²) in [5.74, 6) is 1.71. The maximum absolute atomic E-state index is 14.2. The summed E-state index contributed by atoms with van der Waals surface area (Å²) in [4.78, 5) is 0. The predicted molar refractivity (Wildman–Crippen MR) is 214 cm³/mol. The van der Waals surface area contributed by atoms with Crippen LogP contribution in [0.4, 0.5) is 105 Å². The van der Waals surface area contributed by atoms with E-state index in [9.17, 15) is 105 Å². The Balaban J connectivity index is 0.000000500. The van der Waals surface area contributed by atoms with Crippen LogP contribution >= 0.6 is 0 Å². The van der Waals surface area contributed by atoms with E-state index in [1.807, 2.05) is 38.1 Å². The molecular formula is C46H26BF24IO2. The Morgan fingerprint density at radius 1 is 0.324 bits per heavy atom. The highest BCUT2D eigenvalue weighted by atomic mass is 127. The second-order valence-corrected chi connectivity index (χ2v) is 18.8. The van der Waals surface area contributed by atoms with Gasteiger partial charge in [-0.05, 0) is 61.4 Å². The fraction of sp³-hybridized carbons (Fsp3) is 0.217. The number of rotatable bonds is 8. The van der Waals surface area contributed by atoms with Gasteiger partial charge in [0.1, 0.15) is 17.7 Å². The lowest BCUT2D eigenvalue weighted by atomic mass is 9.12. The molecule has 0 saturated carbocycles. The van der Waals surface area contributed by atoms with Gasteiger partial charge in [-0.1, -0.05) is 61.7 Å². The summed E-state index contributed by atoms with van der Waals surface area (Å²) >= 11 is -0.396. The van der Waals surface area contributed by atoms with Gasteiger partial charge in [0.2, 0.25) is 0 Å². The summed E-state index contributed by atoms with van der Waals surface area (Å²) in [6.45, 7) is 11.6. The Morgan fingerprint density at radius 3 is 0.635 bits per heavy atom. The van der Waals surface area contributed by atoms with Crippen molar-refractivity contribution < 1.29 is 135 Å². The number of benzene rings is 4. The topological polar surface area (TPSA) is 26.3 Å². The van der Waals surface area contributed by atoms with Gasteiger partial charge in [0.05, 0.1) is 44.5 Å². The first-order chi connectivity index (χ1) is 33.3. The maximum atomic E-state index is 14.2. The normalized spacial score (nSPS) is 13.4. The number of furan rings is 2. The third-order valence-corrected chi connectivity index (χ3v) is 12.8. The smallest absolute Gasteiger partial charge is 0.418 e. The lowest BCUT2D eigenvalue weighted by Crippen LogP contribution is -3.61. The van der Waals surface area contributed by atoms with Crippen LogP contribution in [0.2, 0.25) is 0 Å². The molecule has 0 spiro atoms. The van der Waals surface area contributed by atoms with Gasteiger partial charge in [-0.3, -0.25) is 0 Å². The molecule has 6 aromatic rings. The van der Waals surface area contributed by atoms with E-state index < -0.39 is 216 Å². The molecule has 2 heterocycles. The minimum absolute atomic E-state index is 0.396. The number of hydrogen-bond acceptors (Lipinski definition) is 2. The zero-order valence-corrected chi connectivity index (χ0v) is 38.7. The van der Waals surface area contributed by atoms with Crippen molar-refractivity contribution in [2.24, 2.45) is 0 Å². The van der Waals surface area contributed by atoms with Crippen LogP contribution < -0.4 is 43.1 Å². The molecule has 0 unspecified atom stereocenters. The quantitative estimate of drug-likeness (QED) is 0.0862. The molecule has 0 aliphatic carbocycles. The number of hydrogen-bond donors (Lipinski definition) is 0. The molecule has 2 nitrogen and oxygen atoms in total. The van der Waals surface area contributed by atoms with Crippen molar-refractivity contribution in [3.63, 3.8) is 0 Å². The highest BCUT2D eigenvalue weighted by Crippen LogP contribution is 2.41. The Bertz CT molecular complexity index is 2560. The molecule has 74 heavy (non-hydrogen) atoms. The van der Waals surface area contributed by atoms with Crippen LogP contribution in [0.25, 0.3) is 11.1 Å². The van der Waals surface area contributed by atoms with Gasteiger partial charge in [-0.15, -0.1) is 0 Å². The summed E-state index contributed by atoms with van der Waals surface area (Å²) in [5, 5.41) is 0. The van der Waals surface area contributed by atoms with Crippen molar-refractivity contribution in [3.05, 3.63) is 174 Å². The fourth-order valence-corrected chi connectivity index (χ4v) is 9.29. The van der Waals surface area contributed by atoms with Gasteiger partial charge in [0, 0.05) is 12.1 Å². The minimum atomic E-state index is -6.13. The Kier molecular flexibility index (Phi) is 15.9. The first-order valence-electron chi connectivity index (χ1n) is 19.8. The largest absolute Gasteiger partial charge is 0.443 e.